The summed E-state index contributed by atoms with van der Waals surface area (Å²) in [4.78, 5) is 9.15. The molecule has 0 aromatic rings. The normalized spacial score (nSPS) is 13.2. The van der Waals surface area contributed by atoms with E-state index in [1.807, 2.05) is 0 Å². The van der Waals surface area contributed by atoms with Crippen molar-refractivity contribution in [1.82, 2.24) is 0 Å². The minimum atomic E-state index is -0.535. The van der Waals surface area contributed by atoms with Gasteiger partial charge >= 0.3 is 0 Å². The third kappa shape index (κ3) is 4.15. The summed E-state index contributed by atoms with van der Waals surface area (Å²) in [5, 5.41) is 9.10. The van der Waals surface area contributed by atoms with Crippen LogP contribution in [0.15, 0.2) is 0 Å². The van der Waals surface area contributed by atoms with Crippen molar-refractivity contribution in [3.8, 4) is 0 Å². The molecule has 0 rings (SSSR count). The highest BCUT2D eigenvalue weighted by atomic mass is 35.5. The molecule has 0 radical (unpaired) electrons. The molecule has 1 unspecified atom stereocenters. The van der Waals surface area contributed by atoms with Gasteiger partial charge in [0, 0.05) is 10.8 Å². The van der Waals surface area contributed by atoms with Crippen LogP contribution in [0.1, 0.15) is 0 Å². The molecule has 0 aliphatic heterocycles. The van der Waals surface area contributed by atoms with Crippen molar-refractivity contribution >= 4 is 23.2 Å². The van der Waals surface area contributed by atoms with E-state index in [9.17, 15) is 10.1 Å². The molecule has 0 bridgehead atoms. The second-order valence-corrected chi connectivity index (χ2v) is 2.19. The standard InChI is InChI=1S/C3H5Cl2NO2/c4-1-3(5)2-6(7)8/h3H,1-2H2. The van der Waals surface area contributed by atoms with E-state index in [0.29, 0.717) is 0 Å². The first-order valence-electron chi connectivity index (χ1n) is 1.98. The summed E-state index contributed by atoms with van der Waals surface area (Å²) in [6, 6.07) is 0. The lowest BCUT2D eigenvalue weighted by atomic mass is 10.5. The van der Waals surface area contributed by atoms with Gasteiger partial charge in [-0.25, -0.2) is 0 Å². The minimum absolute atomic E-state index is 0.128. The molecule has 0 aliphatic rings. The van der Waals surface area contributed by atoms with Crippen molar-refractivity contribution in [2.45, 2.75) is 5.38 Å². The molecule has 0 amide bonds. The molecule has 0 spiro atoms. The van der Waals surface area contributed by atoms with Gasteiger partial charge in [-0.15, -0.1) is 23.2 Å². The molecule has 0 saturated carbocycles. The lowest BCUT2D eigenvalue weighted by Gasteiger charge is -1.94. The number of nitrogens with zero attached hydrogens (tertiary/aromatic N) is 1. The Morgan fingerprint density at radius 3 is 2.38 bits per heavy atom. The van der Waals surface area contributed by atoms with Crippen LogP contribution >= 0.6 is 23.2 Å². The van der Waals surface area contributed by atoms with E-state index in [-0.39, 0.29) is 12.4 Å². The lowest BCUT2D eigenvalue weighted by Crippen LogP contribution is -2.14. The minimum Gasteiger partial charge on any atom is -0.264 e. The molecular formula is C3H5Cl2NO2. The number of nitro groups is 1. The van der Waals surface area contributed by atoms with Gasteiger partial charge in [0.1, 0.15) is 5.38 Å². The highest BCUT2D eigenvalue weighted by Gasteiger charge is 2.08. The third-order valence-corrected chi connectivity index (χ3v) is 1.34. The molecule has 0 saturated heterocycles. The smallest absolute Gasteiger partial charge is 0.221 e. The van der Waals surface area contributed by atoms with Gasteiger partial charge in [0.25, 0.3) is 0 Å². The van der Waals surface area contributed by atoms with Gasteiger partial charge in [-0.1, -0.05) is 0 Å². The van der Waals surface area contributed by atoms with E-state index < -0.39 is 10.3 Å². The molecule has 0 aromatic heterocycles. The van der Waals surface area contributed by atoms with Crippen molar-refractivity contribution in [1.29, 1.82) is 0 Å². The third-order valence-electron chi connectivity index (χ3n) is 0.515. The van der Waals surface area contributed by atoms with Crippen molar-refractivity contribution in [3.05, 3.63) is 10.1 Å². The van der Waals surface area contributed by atoms with E-state index in [4.69, 9.17) is 23.2 Å². The van der Waals surface area contributed by atoms with Crippen LogP contribution in [-0.2, 0) is 0 Å². The van der Waals surface area contributed by atoms with Crippen LogP contribution < -0.4 is 0 Å². The van der Waals surface area contributed by atoms with Crippen molar-refractivity contribution < 1.29 is 4.92 Å². The average Bonchev–Trinajstić information content (AvgIpc) is 1.65. The Hall–Kier alpha value is -0.0200. The average molecular weight is 158 g/mol. The first kappa shape index (κ1) is 7.98. The molecule has 0 aliphatic carbocycles. The predicted molar refractivity (Wildman–Crippen MR) is 32.2 cm³/mol. The number of hydrogen-bond donors (Lipinski definition) is 0. The second kappa shape index (κ2) is 3.92. The maximum atomic E-state index is 9.63. The van der Waals surface area contributed by atoms with Gasteiger partial charge < -0.3 is 0 Å². The van der Waals surface area contributed by atoms with E-state index in [2.05, 4.69) is 0 Å². The lowest BCUT2D eigenvalue weighted by molar-refractivity contribution is -0.478. The Balaban J connectivity index is 3.24. The van der Waals surface area contributed by atoms with Gasteiger partial charge in [0.15, 0.2) is 0 Å². The highest BCUT2D eigenvalue weighted by Crippen LogP contribution is 1.97. The Kier molecular flexibility index (Phi) is 3.91. The zero-order chi connectivity index (χ0) is 6.57. The number of rotatable bonds is 3. The molecule has 5 heteroatoms. The van der Waals surface area contributed by atoms with Crippen LogP contribution in [0.4, 0.5) is 0 Å². The molecule has 1 atom stereocenters. The fraction of sp³-hybridized carbons (Fsp3) is 1.00. The molecule has 0 fully saturated rings. The topological polar surface area (TPSA) is 43.1 Å². The van der Waals surface area contributed by atoms with E-state index in [0.717, 1.165) is 0 Å². The number of alkyl halides is 2. The number of halogens is 2. The molecule has 0 N–H and O–H groups in total. The van der Waals surface area contributed by atoms with Crippen LogP contribution in [-0.4, -0.2) is 22.7 Å². The Labute approximate surface area is 56.7 Å². The van der Waals surface area contributed by atoms with Gasteiger partial charge in [0.2, 0.25) is 6.54 Å². The largest absolute Gasteiger partial charge is 0.264 e. The fourth-order valence-corrected chi connectivity index (χ4v) is 0.421. The van der Waals surface area contributed by atoms with Crippen LogP contribution in [0.2, 0.25) is 0 Å². The first-order chi connectivity index (χ1) is 3.66. The van der Waals surface area contributed by atoms with Gasteiger partial charge in [-0.2, -0.15) is 0 Å². The number of hydrogen-bond acceptors (Lipinski definition) is 2. The molecule has 0 aromatic carbocycles. The molecule has 48 valence electrons. The maximum absolute atomic E-state index is 9.63. The van der Waals surface area contributed by atoms with Gasteiger partial charge in [0.05, 0.1) is 0 Å². The predicted octanol–water partition coefficient (Wildman–Crippen LogP) is 1.11. The van der Waals surface area contributed by atoms with E-state index in [1.54, 1.807) is 0 Å². The van der Waals surface area contributed by atoms with Crippen LogP contribution in [0.5, 0.6) is 0 Å². The SMILES string of the molecule is O=[N+]([O-])CC(Cl)CCl. The molecule has 3 nitrogen and oxygen atoms in total. The van der Waals surface area contributed by atoms with Crippen molar-refractivity contribution in [2.24, 2.45) is 0 Å². The maximum Gasteiger partial charge on any atom is 0.221 e. The quantitative estimate of drug-likeness (QED) is 0.350. The summed E-state index contributed by atoms with van der Waals surface area (Å²) in [6.45, 7) is -0.259. The summed E-state index contributed by atoms with van der Waals surface area (Å²) in [6.07, 6.45) is 0. The Morgan fingerprint density at radius 1 is 1.75 bits per heavy atom. The molecular weight excluding hydrogens is 153 g/mol. The van der Waals surface area contributed by atoms with Crippen molar-refractivity contribution in [2.75, 3.05) is 12.4 Å². The van der Waals surface area contributed by atoms with Gasteiger partial charge in [-0.05, 0) is 0 Å². The Morgan fingerprint density at radius 2 is 2.25 bits per heavy atom. The monoisotopic (exact) mass is 157 g/mol. The van der Waals surface area contributed by atoms with Crippen LogP contribution in [0.3, 0.4) is 0 Å². The summed E-state index contributed by atoms with van der Waals surface area (Å²) >= 11 is 10.4. The van der Waals surface area contributed by atoms with Crippen LogP contribution in [0.25, 0.3) is 0 Å². The van der Waals surface area contributed by atoms with Crippen molar-refractivity contribution in [3.63, 3.8) is 0 Å². The summed E-state index contributed by atoms with van der Waals surface area (Å²) in [5.41, 5.74) is 0. The van der Waals surface area contributed by atoms with Gasteiger partial charge in [-0.3, -0.25) is 10.1 Å². The summed E-state index contributed by atoms with van der Waals surface area (Å²) in [5.74, 6) is 0.128. The first-order valence-corrected chi connectivity index (χ1v) is 2.95. The summed E-state index contributed by atoms with van der Waals surface area (Å²) in [7, 11) is 0. The van der Waals surface area contributed by atoms with E-state index >= 15 is 0 Å². The Bertz CT molecular complexity index is 87.4. The second-order valence-electron chi connectivity index (χ2n) is 1.27. The fourth-order valence-electron chi connectivity index (χ4n) is 0.211. The zero-order valence-corrected chi connectivity index (χ0v) is 5.52. The molecule has 0 heterocycles. The summed E-state index contributed by atoms with van der Waals surface area (Å²) < 4.78 is 0. The van der Waals surface area contributed by atoms with E-state index in [1.165, 1.54) is 0 Å². The highest BCUT2D eigenvalue weighted by molar-refractivity contribution is 6.28. The zero-order valence-electron chi connectivity index (χ0n) is 4.01. The molecule has 8 heavy (non-hydrogen) atoms. The van der Waals surface area contributed by atoms with Crippen LogP contribution in [0, 0.1) is 10.1 Å².